The average molecular weight is 687 g/mol. The molecular weight excluding hydrogens is 648 g/mol. The van der Waals surface area contributed by atoms with Gasteiger partial charge in [0.1, 0.15) is 61.7 Å². The number of ether oxygens (including phenoxy) is 10. The van der Waals surface area contributed by atoms with E-state index in [1.54, 1.807) is 0 Å². The second-order valence-electron chi connectivity index (χ2n) is 10.1. The van der Waals surface area contributed by atoms with Gasteiger partial charge in [-0.3, -0.25) is 28.8 Å². The number of hydrogen-bond donors (Lipinski definition) is 0. The smallest absolute Gasteiger partial charge is 0.303 e. The molecule has 2 fully saturated rings. The highest BCUT2D eigenvalue weighted by Gasteiger charge is 2.56. The Bertz CT molecular complexity index is 1130. The molecule has 17 heteroatoms. The van der Waals surface area contributed by atoms with Crippen molar-refractivity contribution in [2.24, 2.45) is 0 Å². The van der Waals surface area contributed by atoms with Gasteiger partial charge in [-0.05, 0) is 0 Å². The molecule has 0 amide bonds. The van der Waals surface area contributed by atoms with E-state index < -0.39 is 109 Å². The summed E-state index contributed by atoms with van der Waals surface area (Å²) >= 11 is 0.810. The Morgan fingerprint density at radius 1 is 0.532 bits per heavy atom. The number of thioether (sulfide) groups is 1. The van der Waals surface area contributed by atoms with Crippen LogP contribution in [0.5, 0.6) is 0 Å². The van der Waals surface area contributed by atoms with Gasteiger partial charge >= 0.3 is 35.8 Å². The number of esters is 6. The zero-order chi connectivity index (χ0) is 35.3. The van der Waals surface area contributed by atoms with Gasteiger partial charge < -0.3 is 47.4 Å². The molecule has 0 aromatic carbocycles. The molecule has 0 aliphatic carbocycles. The first kappa shape index (κ1) is 39.3. The minimum Gasteiger partial charge on any atom is -0.463 e. The van der Waals surface area contributed by atoms with Crippen LogP contribution in [-0.4, -0.2) is 122 Å². The van der Waals surface area contributed by atoms with Crippen molar-refractivity contribution in [2.75, 3.05) is 26.4 Å². The third kappa shape index (κ3) is 12.3. The number of rotatable bonds is 14. The summed E-state index contributed by atoms with van der Waals surface area (Å²) in [5.41, 5.74) is -2.55. The highest BCUT2D eigenvalue weighted by Crippen LogP contribution is 2.41. The maximum absolute atomic E-state index is 12.3. The van der Waals surface area contributed by atoms with Crippen molar-refractivity contribution in [1.82, 2.24) is 0 Å². The fourth-order valence-corrected chi connectivity index (χ4v) is 6.15. The third-order valence-electron chi connectivity index (χ3n) is 6.28. The van der Waals surface area contributed by atoms with Crippen LogP contribution in [0.3, 0.4) is 0 Å². The first-order valence-corrected chi connectivity index (χ1v) is 15.1. The number of carbonyl (C=O) groups excluding carboxylic acids is 6. The minimum atomic E-state index is -1.35. The summed E-state index contributed by atoms with van der Waals surface area (Å²) in [5.74, 6) is 0.173. The van der Waals surface area contributed by atoms with Crippen LogP contribution in [0.4, 0.5) is 0 Å². The van der Waals surface area contributed by atoms with E-state index >= 15 is 0 Å². The minimum absolute atomic E-state index is 0.315. The highest BCUT2D eigenvalue weighted by atomic mass is 32.2. The van der Waals surface area contributed by atoms with Gasteiger partial charge in [-0.25, -0.2) is 0 Å². The molecule has 2 rings (SSSR count). The van der Waals surface area contributed by atoms with Gasteiger partial charge in [-0.15, -0.1) is 12.8 Å². The summed E-state index contributed by atoms with van der Waals surface area (Å²) in [6, 6.07) is 0. The lowest BCUT2D eigenvalue weighted by Gasteiger charge is -2.48. The lowest BCUT2D eigenvalue weighted by molar-refractivity contribution is -0.243. The van der Waals surface area contributed by atoms with E-state index in [9.17, 15) is 28.8 Å². The maximum atomic E-state index is 12.3. The molecule has 0 spiro atoms. The molecule has 0 N–H and O–H groups in total. The van der Waals surface area contributed by atoms with Crippen LogP contribution in [0.2, 0.25) is 0 Å². The predicted molar refractivity (Wildman–Crippen MR) is 158 cm³/mol. The lowest BCUT2D eigenvalue weighted by atomic mass is 9.99. The molecule has 0 saturated carbocycles. The van der Waals surface area contributed by atoms with Gasteiger partial charge in [0.25, 0.3) is 0 Å². The van der Waals surface area contributed by atoms with E-state index in [2.05, 4.69) is 11.8 Å². The molecule has 47 heavy (non-hydrogen) atoms. The molecule has 10 atom stereocenters. The second-order valence-corrected chi connectivity index (χ2v) is 11.3. The van der Waals surface area contributed by atoms with E-state index in [4.69, 9.17) is 60.2 Å². The van der Waals surface area contributed by atoms with Crippen LogP contribution in [0.15, 0.2) is 0 Å². The fraction of sp³-hybridized carbons (Fsp3) is 0.667. The van der Waals surface area contributed by atoms with Crippen molar-refractivity contribution in [3.8, 4) is 24.7 Å². The van der Waals surface area contributed by atoms with E-state index in [1.807, 2.05) is 0 Å². The predicted octanol–water partition coefficient (Wildman–Crippen LogP) is 0.0592. The van der Waals surface area contributed by atoms with Crippen LogP contribution >= 0.6 is 11.8 Å². The van der Waals surface area contributed by atoms with E-state index in [-0.39, 0.29) is 13.2 Å². The van der Waals surface area contributed by atoms with Crippen molar-refractivity contribution < 1.29 is 76.1 Å². The molecule has 2 saturated heterocycles. The van der Waals surface area contributed by atoms with Crippen molar-refractivity contribution in [3.63, 3.8) is 0 Å². The van der Waals surface area contributed by atoms with E-state index in [0.29, 0.717) is 0 Å². The zero-order valence-electron chi connectivity index (χ0n) is 26.7. The molecule has 0 radical (unpaired) electrons. The number of terminal acetylenes is 2. The summed E-state index contributed by atoms with van der Waals surface area (Å²) in [6.45, 7) is 5.32. The Hall–Kier alpha value is -3.87. The summed E-state index contributed by atoms with van der Waals surface area (Å²) in [4.78, 5) is 72.3. The molecule has 2 aliphatic heterocycles. The molecule has 260 valence electrons. The van der Waals surface area contributed by atoms with Crippen molar-refractivity contribution in [1.29, 1.82) is 0 Å². The number of hydrogen-bond acceptors (Lipinski definition) is 17. The summed E-state index contributed by atoms with van der Waals surface area (Å²) in [5, 5.41) is 0. The van der Waals surface area contributed by atoms with Crippen molar-refractivity contribution >= 4 is 47.6 Å². The largest absolute Gasteiger partial charge is 0.463 e. The molecule has 16 nitrogen and oxygen atoms in total. The Morgan fingerprint density at radius 2 is 0.851 bits per heavy atom. The van der Waals surface area contributed by atoms with Gasteiger partial charge in [0, 0.05) is 41.5 Å². The van der Waals surface area contributed by atoms with E-state index in [0.717, 1.165) is 53.3 Å². The molecular formula is C30H38O16S. The van der Waals surface area contributed by atoms with Crippen LogP contribution < -0.4 is 0 Å². The normalized spacial score (nSPS) is 30.0. The SMILES string of the molecule is C#CCOC1[C@@H](OC(C)=O)C(COC(C)=O)O[C@@H](S[C@@H]2OC(COC(C)=O)[C@H](OC(C)=O)C(OCC#C)[C@@H]2OC(C)=O)[C@@H]1OC(C)=O. The van der Waals surface area contributed by atoms with Crippen LogP contribution in [-0.2, 0) is 76.1 Å². The van der Waals surface area contributed by atoms with Crippen LogP contribution in [0.25, 0.3) is 0 Å². The van der Waals surface area contributed by atoms with Gasteiger partial charge in [-0.1, -0.05) is 23.6 Å². The zero-order valence-corrected chi connectivity index (χ0v) is 27.5. The Labute approximate surface area is 276 Å². The summed E-state index contributed by atoms with van der Waals surface area (Å²) in [6.07, 6.45) is 0.669. The molecule has 2 aliphatic rings. The monoisotopic (exact) mass is 686 g/mol. The highest BCUT2D eigenvalue weighted by molar-refractivity contribution is 8.00. The first-order valence-electron chi connectivity index (χ1n) is 14.2. The second kappa shape index (κ2) is 19.1. The Balaban J connectivity index is 2.66. The van der Waals surface area contributed by atoms with Gasteiger partial charge in [0.15, 0.2) is 24.4 Å². The number of carbonyl (C=O) groups is 6. The average Bonchev–Trinajstić information content (AvgIpc) is 2.96. The molecule has 0 aromatic rings. The Morgan fingerprint density at radius 3 is 1.13 bits per heavy atom. The molecule has 2 heterocycles. The van der Waals surface area contributed by atoms with E-state index in [1.165, 1.54) is 0 Å². The van der Waals surface area contributed by atoms with Crippen molar-refractivity contribution in [3.05, 3.63) is 0 Å². The topological polar surface area (TPSA) is 195 Å². The molecule has 0 bridgehead atoms. The van der Waals surface area contributed by atoms with Gasteiger partial charge in [0.2, 0.25) is 0 Å². The third-order valence-corrected chi connectivity index (χ3v) is 7.57. The lowest BCUT2D eigenvalue weighted by Crippen LogP contribution is -2.64. The van der Waals surface area contributed by atoms with Gasteiger partial charge in [0.05, 0.1) is 0 Å². The van der Waals surface area contributed by atoms with Gasteiger partial charge in [-0.2, -0.15) is 0 Å². The Kier molecular flexibility index (Phi) is 16.0. The first-order chi connectivity index (χ1) is 22.2. The fourth-order valence-electron chi connectivity index (χ4n) is 4.75. The standard InChI is InChI=1S/C30H38O16S/c1-9-11-37-25-23(41-17(5)33)21(13-39-15(3)31)45-29(27(25)43-19(7)35)47-30-28(44-20(8)36)26(38-12-10-2)24(42-18(6)34)22(46-30)14-40-16(4)32/h1-2,21-30H,11-14H2,3-8H3/t21?,22?,23-,24-,25?,26?,27-,28+,29-,30-/m0/s1. The quantitative estimate of drug-likeness (QED) is 0.135. The molecule has 0 aromatic heterocycles. The van der Waals surface area contributed by atoms with Crippen molar-refractivity contribution in [2.45, 2.75) is 101 Å². The van der Waals surface area contributed by atoms with Crippen LogP contribution in [0.1, 0.15) is 41.5 Å². The molecule has 4 unspecified atom stereocenters. The summed E-state index contributed by atoms with van der Waals surface area (Å²) < 4.78 is 56.5. The maximum Gasteiger partial charge on any atom is 0.303 e. The van der Waals surface area contributed by atoms with Crippen LogP contribution in [0, 0.1) is 24.7 Å². The summed E-state index contributed by atoms with van der Waals surface area (Å²) in [7, 11) is 0.